The van der Waals surface area contributed by atoms with Gasteiger partial charge in [0.15, 0.2) is 12.2 Å². The van der Waals surface area contributed by atoms with Crippen LogP contribution in [0.3, 0.4) is 0 Å². The molecule has 0 aliphatic rings. The molecule has 4 aromatic rings. The molecular weight excluding hydrogens is 378 g/mol. The van der Waals surface area contributed by atoms with Crippen LogP contribution in [0, 0.1) is 13.8 Å². The van der Waals surface area contributed by atoms with Crippen molar-refractivity contribution >= 4 is 28.7 Å². The fourth-order valence-corrected chi connectivity index (χ4v) is 3.31. The van der Waals surface area contributed by atoms with E-state index >= 15 is 0 Å². The van der Waals surface area contributed by atoms with Gasteiger partial charge in [-0.15, -0.1) is 0 Å². The fourth-order valence-electron chi connectivity index (χ4n) is 3.12. The molecule has 0 radical (unpaired) electrons. The summed E-state index contributed by atoms with van der Waals surface area (Å²) >= 11 is 6.24. The number of aromatic nitrogens is 3. The van der Waals surface area contributed by atoms with Crippen LogP contribution in [0.25, 0.3) is 11.1 Å². The minimum atomic E-state index is -0.456. The molecule has 2 aromatic carbocycles. The second-order valence-electron chi connectivity index (χ2n) is 6.45. The Morgan fingerprint density at radius 2 is 1.89 bits per heavy atom. The summed E-state index contributed by atoms with van der Waals surface area (Å²) in [5.74, 6) is -0.101. The van der Waals surface area contributed by atoms with Gasteiger partial charge in [0, 0.05) is 5.02 Å². The van der Waals surface area contributed by atoms with E-state index in [-0.39, 0.29) is 6.61 Å². The van der Waals surface area contributed by atoms with Crippen molar-refractivity contribution in [1.82, 2.24) is 14.8 Å². The number of carbonyl (C=O) groups excluding carboxylic acids is 1. The molecule has 0 fully saturated rings. The predicted octanol–water partition coefficient (Wildman–Crippen LogP) is 4.70. The van der Waals surface area contributed by atoms with Crippen molar-refractivity contribution in [2.75, 3.05) is 0 Å². The average Bonchev–Trinajstić information content (AvgIpc) is 3.22. The van der Waals surface area contributed by atoms with E-state index in [0.29, 0.717) is 34.3 Å². The third-order valence-corrected chi connectivity index (χ3v) is 4.90. The van der Waals surface area contributed by atoms with Gasteiger partial charge < -0.3 is 9.15 Å². The molecule has 28 heavy (non-hydrogen) atoms. The molecule has 4 rings (SSSR count). The summed E-state index contributed by atoms with van der Waals surface area (Å²) in [6, 6.07) is 15.0. The first-order valence-electron chi connectivity index (χ1n) is 8.82. The Labute approximate surface area is 166 Å². The Morgan fingerprint density at radius 1 is 1.14 bits per heavy atom. The third kappa shape index (κ3) is 3.51. The molecule has 2 aromatic heterocycles. The van der Waals surface area contributed by atoms with E-state index in [1.165, 1.54) is 0 Å². The molecular formula is C21H18ClN3O3. The highest BCUT2D eigenvalue weighted by atomic mass is 35.5. The monoisotopic (exact) mass is 395 g/mol. The Hall–Kier alpha value is -3.12. The number of para-hydroxylation sites is 2. The summed E-state index contributed by atoms with van der Waals surface area (Å²) in [5.41, 5.74) is 4.10. The number of ether oxygens (including phenoxy) is 1. The first-order chi connectivity index (χ1) is 13.5. The van der Waals surface area contributed by atoms with Crippen molar-refractivity contribution in [1.29, 1.82) is 0 Å². The van der Waals surface area contributed by atoms with Crippen molar-refractivity contribution in [3.05, 3.63) is 82.0 Å². The van der Waals surface area contributed by atoms with Gasteiger partial charge in [-0.3, -0.25) is 4.68 Å². The molecule has 0 bridgehead atoms. The molecule has 142 valence electrons. The molecule has 0 unspecified atom stereocenters. The van der Waals surface area contributed by atoms with Gasteiger partial charge in [-0.05, 0) is 37.6 Å². The number of hydrogen-bond donors (Lipinski definition) is 0. The lowest BCUT2D eigenvalue weighted by molar-refractivity contribution is 0.0438. The first-order valence-corrected chi connectivity index (χ1v) is 9.19. The van der Waals surface area contributed by atoms with Crippen LogP contribution in [-0.2, 0) is 17.9 Å². The summed E-state index contributed by atoms with van der Waals surface area (Å²) in [5, 5.41) is 5.14. The molecule has 7 heteroatoms. The zero-order valence-electron chi connectivity index (χ0n) is 15.5. The number of halogens is 1. The van der Waals surface area contributed by atoms with Gasteiger partial charge in [-0.1, -0.05) is 41.9 Å². The van der Waals surface area contributed by atoms with Crippen molar-refractivity contribution in [2.24, 2.45) is 0 Å². The summed E-state index contributed by atoms with van der Waals surface area (Å²) in [6.07, 6.45) is 0. The van der Waals surface area contributed by atoms with Crippen LogP contribution >= 0.6 is 11.6 Å². The highest BCUT2D eigenvalue weighted by Gasteiger charge is 2.21. The van der Waals surface area contributed by atoms with Gasteiger partial charge in [0.1, 0.15) is 11.1 Å². The second kappa shape index (κ2) is 7.48. The van der Waals surface area contributed by atoms with Crippen molar-refractivity contribution in [3.63, 3.8) is 0 Å². The van der Waals surface area contributed by atoms with E-state index in [4.69, 9.17) is 20.8 Å². The van der Waals surface area contributed by atoms with E-state index in [1.54, 1.807) is 11.6 Å². The lowest BCUT2D eigenvalue weighted by Crippen LogP contribution is -2.09. The minimum absolute atomic E-state index is 0.0396. The normalized spacial score (nSPS) is 11.1. The lowest BCUT2D eigenvalue weighted by Gasteiger charge is -2.07. The molecule has 2 heterocycles. The molecule has 6 nitrogen and oxygen atoms in total. The molecule has 0 aliphatic heterocycles. The number of carbonyl (C=O) groups is 1. The predicted molar refractivity (Wildman–Crippen MR) is 105 cm³/mol. The van der Waals surface area contributed by atoms with Gasteiger partial charge in [0.05, 0.1) is 17.9 Å². The van der Waals surface area contributed by atoms with Gasteiger partial charge >= 0.3 is 5.97 Å². The van der Waals surface area contributed by atoms with Crippen molar-refractivity contribution in [3.8, 4) is 0 Å². The van der Waals surface area contributed by atoms with Gasteiger partial charge in [-0.2, -0.15) is 5.10 Å². The number of aryl methyl sites for hydroxylation is 1. The van der Waals surface area contributed by atoms with E-state index in [9.17, 15) is 4.79 Å². The highest BCUT2D eigenvalue weighted by Crippen LogP contribution is 2.21. The van der Waals surface area contributed by atoms with Gasteiger partial charge in [-0.25, -0.2) is 9.78 Å². The van der Waals surface area contributed by atoms with Crippen LogP contribution in [0.5, 0.6) is 0 Å². The molecule has 0 amide bonds. The van der Waals surface area contributed by atoms with Gasteiger partial charge in [0.2, 0.25) is 5.89 Å². The molecule has 0 aliphatic carbocycles. The van der Waals surface area contributed by atoms with Crippen LogP contribution in [-0.4, -0.2) is 20.7 Å². The van der Waals surface area contributed by atoms with Crippen LogP contribution in [0.4, 0.5) is 0 Å². The smallest absolute Gasteiger partial charge is 0.342 e. The molecule has 0 saturated heterocycles. The van der Waals surface area contributed by atoms with Crippen LogP contribution in [0.15, 0.2) is 52.9 Å². The van der Waals surface area contributed by atoms with Crippen LogP contribution < -0.4 is 0 Å². The minimum Gasteiger partial charge on any atom is -0.452 e. The Bertz CT molecular complexity index is 1130. The number of hydrogen-bond acceptors (Lipinski definition) is 5. The average molecular weight is 396 g/mol. The summed E-state index contributed by atoms with van der Waals surface area (Å²) in [4.78, 5) is 17.0. The first kappa shape index (κ1) is 18.3. The topological polar surface area (TPSA) is 70.2 Å². The zero-order chi connectivity index (χ0) is 19.7. The zero-order valence-corrected chi connectivity index (χ0v) is 16.2. The maximum absolute atomic E-state index is 12.6. The van der Waals surface area contributed by atoms with E-state index in [0.717, 1.165) is 16.8 Å². The SMILES string of the molecule is Cc1nn(Cc2ccccc2Cl)c(C)c1C(=O)OCc1nc2ccccc2o1. The van der Waals surface area contributed by atoms with E-state index in [1.807, 2.05) is 55.5 Å². The maximum atomic E-state index is 12.6. The Kier molecular flexibility index (Phi) is 4.88. The molecule has 0 atom stereocenters. The molecule has 0 N–H and O–H groups in total. The Morgan fingerprint density at radius 3 is 2.68 bits per heavy atom. The summed E-state index contributed by atoms with van der Waals surface area (Å²) in [6.45, 7) is 4.06. The van der Waals surface area contributed by atoms with E-state index < -0.39 is 5.97 Å². The number of oxazole rings is 1. The molecule has 0 spiro atoms. The number of rotatable bonds is 5. The summed E-state index contributed by atoms with van der Waals surface area (Å²) in [7, 11) is 0. The third-order valence-electron chi connectivity index (χ3n) is 4.53. The maximum Gasteiger partial charge on any atom is 0.342 e. The largest absolute Gasteiger partial charge is 0.452 e. The van der Waals surface area contributed by atoms with Gasteiger partial charge in [0.25, 0.3) is 0 Å². The van der Waals surface area contributed by atoms with Crippen LogP contribution in [0.1, 0.15) is 33.2 Å². The van der Waals surface area contributed by atoms with Crippen molar-refractivity contribution < 1.29 is 13.9 Å². The number of nitrogens with zero attached hydrogens (tertiary/aromatic N) is 3. The lowest BCUT2D eigenvalue weighted by atomic mass is 10.2. The number of benzene rings is 2. The number of fused-ring (bicyclic) bond motifs is 1. The Balaban J connectivity index is 1.51. The summed E-state index contributed by atoms with van der Waals surface area (Å²) < 4.78 is 12.8. The quantitative estimate of drug-likeness (QED) is 0.458. The van der Waals surface area contributed by atoms with E-state index in [2.05, 4.69) is 10.1 Å². The van der Waals surface area contributed by atoms with Crippen molar-refractivity contribution in [2.45, 2.75) is 27.0 Å². The molecule has 0 saturated carbocycles. The highest BCUT2D eigenvalue weighted by molar-refractivity contribution is 6.31. The second-order valence-corrected chi connectivity index (χ2v) is 6.85. The number of esters is 1. The fraction of sp³-hybridized carbons (Fsp3) is 0.190. The van der Waals surface area contributed by atoms with Crippen LogP contribution in [0.2, 0.25) is 5.02 Å². The standard InChI is InChI=1S/C21H18ClN3O3/c1-13-20(14(2)25(24-13)11-15-7-3-4-8-16(15)22)21(26)27-12-19-23-17-9-5-6-10-18(17)28-19/h3-10H,11-12H2,1-2H3.